The summed E-state index contributed by atoms with van der Waals surface area (Å²) in [4.78, 5) is 26.3. The number of nitrogens with one attached hydrogen (secondary N) is 1. The number of nitrogens with zero attached hydrogens (tertiary/aromatic N) is 1. The summed E-state index contributed by atoms with van der Waals surface area (Å²) in [7, 11) is 0. The monoisotopic (exact) mass is 360 g/mol. The molecular formula is C20H28N2O4. The molecule has 3 rings (SSSR count). The van der Waals surface area contributed by atoms with Gasteiger partial charge < -0.3 is 19.7 Å². The first-order valence-electron chi connectivity index (χ1n) is 9.55. The van der Waals surface area contributed by atoms with Gasteiger partial charge in [-0.1, -0.05) is 0 Å². The summed E-state index contributed by atoms with van der Waals surface area (Å²) in [5.41, 5.74) is 0.671. The summed E-state index contributed by atoms with van der Waals surface area (Å²) in [6, 6.07) is 7.38. The molecule has 1 aliphatic heterocycles. The molecule has 0 radical (unpaired) electrons. The van der Waals surface area contributed by atoms with Crippen LogP contribution in [0.15, 0.2) is 24.3 Å². The van der Waals surface area contributed by atoms with E-state index in [-0.39, 0.29) is 24.5 Å². The molecule has 2 fully saturated rings. The lowest BCUT2D eigenvalue weighted by molar-refractivity contribution is -0.126. The zero-order valence-electron chi connectivity index (χ0n) is 15.4. The summed E-state index contributed by atoms with van der Waals surface area (Å²) in [6.07, 6.45) is 4.00. The van der Waals surface area contributed by atoms with Crippen molar-refractivity contribution in [3.05, 3.63) is 29.8 Å². The van der Waals surface area contributed by atoms with Crippen molar-refractivity contribution in [3.63, 3.8) is 0 Å². The maximum Gasteiger partial charge on any atom is 0.253 e. The van der Waals surface area contributed by atoms with Crippen molar-refractivity contribution in [2.45, 2.75) is 38.6 Å². The molecule has 1 heterocycles. The molecule has 0 aromatic heterocycles. The average molecular weight is 360 g/mol. The number of hydrogen-bond acceptors (Lipinski definition) is 4. The highest BCUT2D eigenvalue weighted by Crippen LogP contribution is 2.28. The number of piperidine rings is 1. The first-order valence-corrected chi connectivity index (χ1v) is 9.55. The molecule has 6 heteroatoms. The Bertz CT molecular complexity index is 605. The smallest absolute Gasteiger partial charge is 0.253 e. The van der Waals surface area contributed by atoms with Crippen LogP contribution in [0.25, 0.3) is 0 Å². The number of hydrogen-bond donors (Lipinski definition) is 1. The molecule has 1 N–H and O–H groups in total. The van der Waals surface area contributed by atoms with Crippen LogP contribution in [0.2, 0.25) is 0 Å². The second-order valence-corrected chi connectivity index (χ2v) is 7.05. The van der Waals surface area contributed by atoms with Gasteiger partial charge in [0.2, 0.25) is 5.91 Å². The minimum atomic E-state index is -0.0538. The predicted octanol–water partition coefficient (Wildman–Crippen LogP) is 2.23. The maximum absolute atomic E-state index is 12.6. The number of likely N-dealkylation sites (tertiary alicyclic amines) is 1. The fourth-order valence-corrected chi connectivity index (χ4v) is 3.14. The average Bonchev–Trinajstić information content (AvgIpc) is 3.47. The third-order valence-corrected chi connectivity index (χ3v) is 4.84. The van der Waals surface area contributed by atoms with Gasteiger partial charge in [0.25, 0.3) is 5.91 Å². The summed E-state index contributed by atoms with van der Waals surface area (Å²) in [6.45, 7) is 4.68. The van der Waals surface area contributed by atoms with Gasteiger partial charge in [0.15, 0.2) is 0 Å². The van der Waals surface area contributed by atoms with Crippen molar-refractivity contribution in [3.8, 4) is 5.75 Å². The zero-order chi connectivity index (χ0) is 18.4. The van der Waals surface area contributed by atoms with Crippen molar-refractivity contribution in [1.82, 2.24) is 10.2 Å². The fraction of sp³-hybridized carbons (Fsp3) is 0.600. The zero-order valence-corrected chi connectivity index (χ0v) is 15.4. The third kappa shape index (κ3) is 5.46. The van der Waals surface area contributed by atoms with Crippen LogP contribution in [0.4, 0.5) is 0 Å². The normalized spacial score (nSPS) is 17.8. The Labute approximate surface area is 154 Å². The summed E-state index contributed by atoms with van der Waals surface area (Å²) in [5, 5.41) is 3.02. The molecule has 0 atom stereocenters. The molecule has 0 spiro atoms. The molecule has 1 saturated carbocycles. The van der Waals surface area contributed by atoms with Crippen LogP contribution in [-0.4, -0.2) is 55.7 Å². The molecule has 0 unspecified atom stereocenters. The van der Waals surface area contributed by atoms with E-state index in [2.05, 4.69) is 5.32 Å². The second-order valence-electron chi connectivity index (χ2n) is 7.05. The van der Waals surface area contributed by atoms with Gasteiger partial charge in [-0.2, -0.15) is 0 Å². The highest BCUT2D eigenvalue weighted by atomic mass is 16.5. The number of benzene rings is 1. The highest BCUT2D eigenvalue weighted by Gasteiger charge is 2.25. The SMILES string of the molecule is CCOc1ccc(C(=O)N2CCC(NC(=O)COCC3CC3)CC2)cc1. The Kier molecular flexibility index (Phi) is 6.50. The quantitative estimate of drug-likeness (QED) is 0.772. The molecule has 6 nitrogen and oxygen atoms in total. The standard InChI is InChI=1S/C20H28N2O4/c1-2-26-18-7-5-16(6-8-18)20(24)22-11-9-17(10-12-22)21-19(23)14-25-13-15-3-4-15/h5-8,15,17H,2-4,9-14H2,1H3,(H,21,23). The molecule has 142 valence electrons. The van der Waals surface area contributed by atoms with Gasteiger partial charge in [-0.05, 0) is 62.8 Å². The molecule has 2 aliphatic rings. The van der Waals surface area contributed by atoms with Crippen molar-refractivity contribution in [2.24, 2.45) is 5.92 Å². The van der Waals surface area contributed by atoms with E-state index >= 15 is 0 Å². The Morgan fingerprint density at radius 1 is 1.12 bits per heavy atom. The summed E-state index contributed by atoms with van der Waals surface area (Å²) in [5.74, 6) is 1.42. The topological polar surface area (TPSA) is 67.9 Å². The summed E-state index contributed by atoms with van der Waals surface area (Å²) < 4.78 is 10.8. The van der Waals surface area contributed by atoms with Crippen molar-refractivity contribution < 1.29 is 19.1 Å². The minimum absolute atomic E-state index is 0.0330. The number of ether oxygens (including phenoxy) is 2. The van der Waals surface area contributed by atoms with E-state index in [1.165, 1.54) is 12.8 Å². The molecule has 0 bridgehead atoms. The van der Waals surface area contributed by atoms with E-state index in [4.69, 9.17) is 9.47 Å². The largest absolute Gasteiger partial charge is 0.494 e. The van der Waals surface area contributed by atoms with Crippen molar-refractivity contribution in [1.29, 1.82) is 0 Å². The van der Waals surface area contributed by atoms with Gasteiger partial charge in [-0.3, -0.25) is 9.59 Å². The van der Waals surface area contributed by atoms with Crippen LogP contribution in [0, 0.1) is 5.92 Å². The van der Waals surface area contributed by atoms with E-state index in [0.29, 0.717) is 37.8 Å². The van der Waals surface area contributed by atoms with E-state index in [0.717, 1.165) is 18.6 Å². The highest BCUT2D eigenvalue weighted by molar-refractivity contribution is 5.94. The lowest BCUT2D eigenvalue weighted by Crippen LogP contribution is -2.47. The first-order chi connectivity index (χ1) is 12.7. The van der Waals surface area contributed by atoms with Crippen LogP contribution in [0.3, 0.4) is 0 Å². The Balaban J connectivity index is 1.39. The van der Waals surface area contributed by atoms with Gasteiger partial charge in [0.05, 0.1) is 13.2 Å². The second kappa shape index (κ2) is 9.03. The van der Waals surface area contributed by atoms with E-state index in [9.17, 15) is 9.59 Å². The first kappa shape index (κ1) is 18.7. The van der Waals surface area contributed by atoms with Crippen LogP contribution < -0.4 is 10.1 Å². The van der Waals surface area contributed by atoms with Gasteiger partial charge in [0, 0.05) is 24.7 Å². The lowest BCUT2D eigenvalue weighted by Gasteiger charge is -2.32. The number of amides is 2. The Hall–Kier alpha value is -2.08. The molecule has 1 aromatic carbocycles. The fourth-order valence-electron chi connectivity index (χ4n) is 3.14. The predicted molar refractivity (Wildman–Crippen MR) is 98.2 cm³/mol. The molecule has 1 aromatic rings. The molecule has 26 heavy (non-hydrogen) atoms. The molecule has 1 aliphatic carbocycles. The van der Waals surface area contributed by atoms with Gasteiger partial charge in [0.1, 0.15) is 12.4 Å². The third-order valence-electron chi connectivity index (χ3n) is 4.84. The van der Waals surface area contributed by atoms with Crippen LogP contribution >= 0.6 is 0 Å². The van der Waals surface area contributed by atoms with Crippen LogP contribution in [0.5, 0.6) is 5.75 Å². The number of carbonyl (C=O) groups is 2. The van der Waals surface area contributed by atoms with Gasteiger partial charge in [-0.25, -0.2) is 0 Å². The van der Waals surface area contributed by atoms with Crippen molar-refractivity contribution in [2.75, 3.05) is 32.9 Å². The van der Waals surface area contributed by atoms with Gasteiger partial charge >= 0.3 is 0 Å². The maximum atomic E-state index is 12.6. The van der Waals surface area contributed by atoms with E-state index < -0.39 is 0 Å². The van der Waals surface area contributed by atoms with Crippen LogP contribution in [-0.2, 0) is 9.53 Å². The molecular weight excluding hydrogens is 332 g/mol. The number of carbonyl (C=O) groups excluding carboxylic acids is 2. The minimum Gasteiger partial charge on any atom is -0.494 e. The summed E-state index contributed by atoms with van der Waals surface area (Å²) >= 11 is 0. The Morgan fingerprint density at radius 2 is 1.81 bits per heavy atom. The lowest BCUT2D eigenvalue weighted by atomic mass is 10.0. The van der Waals surface area contributed by atoms with Crippen molar-refractivity contribution >= 4 is 11.8 Å². The van der Waals surface area contributed by atoms with Crippen LogP contribution in [0.1, 0.15) is 43.0 Å². The molecule has 1 saturated heterocycles. The Morgan fingerprint density at radius 3 is 2.42 bits per heavy atom. The number of rotatable bonds is 8. The van der Waals surface area contributed by atoms with E-state index in [1.807, 2.05) is 24.0 Å². The van der Waals surface area contributed by atoms with E-state index in [1.54, 1.807) is 12.1 Å². The molecule has 2 amide bonds. The van der Waals surface area contributed by atoms with Gasteiger partial charge in [-0.15, -0.1) is 0 Å².